The maximum absolute atomic E-state index is 13.5. The minimum Gasteiger partial charge on any atom is -0.444 e. The first-order chi connectivity index (χ1) is 18.5. The molecule has 0 aliphatic carbocycles. The number of nitrogens with zero attached hydrogens (tertiary/aromatic N) is 4. The fraction of sp³-hybridized carbons (Fsp3) is 0.593. The van der Waals surface area contributed by atoms with Gasteiger partial charge >= 0.3 is 18.4 Å². The second-order valence-electron chi connectivity index (χ2n) is 10.8. The van der Waals surface area contributed by atoms with E-state index in [9.17, 15) is 31.1 Å². The number of alkyl halides is 6. The number of hydrogen-bond acceptors (Lipinski definition) is 6. The average molecular weight is 577 g/mol. The van der Waals surface area contributed by atoms with Crippen molar-refractivity contribution in [1.82, 2.24) is 14.9 Å². The minimum absolute atomic E-state index is 0.0358. The molecule has 40 heavy (non-hydrogen) atoms. The Labute approximate surface area is 229 Å². The molecule has 2 atom stereocenters. The van der Waals surface area contributed by atoms with Crippen molar-refractivity contribution in [3.63, 3.8) is 0 Å². The normalized spacial score (nSPS) is 18.2. The van der Waals surface area contributed by atoms with Gasteiger partial charge in [-0.2, -0.15) is 26.3 Å². The SMILES string of the molecule is CC[C@@H]1C[C@H](N(Cc2cc(C(F)(F)F)cc(C(F)(F)F)c2)c2ncc(CCCO)cn2)CN1C(=O)OC(C)(C)C. The van der Waals surface area contributed by atoms with Gasteiger partial charge in [0.25, 0.3) is 0 Å². The topological polar surface area (TPSA) is 78.8 Å². The van der Waals surface area contributed by atoms with Crippen LogP contribution in [0.25, 0.3) is 0 Å². The van der Waals surface area contributed by atoms with E-state index in [1.165, 1.54) is 17.3 Å². The Balaban J connectivity index is 2.02. The zero-order valence-electron chi connectivity index (χ0n) is 22.8. The van der Waals surface area contributed by atoms with Crippen molar-refractivity contribution >= 4 is 12.0 Å². The Bertz CT molecular complexity index is 1120. The van der Waals surface area contributed by atoms with Crippen LogP contribution in [0, 0.1) is 0 Å². The lowest BCUT2D eigenvalue weighted by molar-refractivity contribution is -0.143. The number of ether oxygens (including phenoxy) is 1. The molecular weight excluding hydrogens is 542 g/mol. The van der Waals surface area contributed by atoms with Gasteiger partial charge in [-0.25, -0.2) is 14.8 Å². The largest absolute Gasteiger partial charge is 0.444 e. The van der Waals surface area contributed by atoms with Crippen LogP contribution < -0.4 is 4.90 Å². The van der Waals surface area contributed by atoms with Gasteiger partial charge in [-0.15, -0.1) is 0 Å². The zero-order chi connectivity index (χ0) is 29.9. The summed E-state index contributed by atoms with van der Waals surface area (Å²) in [6.07, 6.45) is -5.59. The number of likely N-dealkylation sites (tertiary alicyclic amines) is 1. The van der Waals surface area contributed by atoms with Gasteiger partial charge in [-0.1, -0.05) is 6.92 Å². The molecule has 1 saturated heterocycles. The molecule has 0 saturated carbocycles. The van der Waals surface area contributed by atoms with Crippen LogP contribution in [-0.2, 0) is 30.1 Å². The van der Waals surface area contributed by atoms with Gasteiger partial charge in [0, 0.05) is 38.1 Å². The standard InChI is InChI=1S/C27H34F6N4O3/c1-5-21-12-22(16-37(21)24(39)40-25(2,3)4)36(23-34-13-17(14-35-23)7-6-8-38)15-18-9-19(26(28,29)30)11-20(10-18)27(31,32)33/h9-11,13-14,21-22,38H,5-8,12,15-16H2,1-4H3/t21-,22+/m1/s1. The number of carbonyl (C=O) groups excluding carboxylic acids is 1. The minimum atomic E-state index is -4.99. The van der Waals surface area contributed by atoms with E-state index in [1.54, 1.807) is 25.7 Å². The maximum atomic E-state index is 13.5. The molecule has 0 bridgehead atoms. The molecule has 1 fully saturated rings. The third kappa shape index (κ3) is 8.21. The van der Waals surface area contributed by atoms with Crippen molar-refractivity contribution in [2.45, 2.75) is 90.0 Å². The molecule has 0 radical (unpaired) electrons. The highest BCUT2D eigenvalue weighted by molar-refractivity contribution is 5.69. The number of amides is 1. The van der Waals surface area contributed by atoms with Crippen molar-refractivity contribution in [2.75, 3.05) is 18.1 Å². The van der Waals surface area contributed by atoms with Crippen LogP contribution in [0.4, 0.5) is 37.1 Å². The van der Waals surface area contributed by atoms with Crippen LogP contribution >= 0.6 is 0 Å². The smallest absolute Gasteiger partial charge is 0.416 e. The predicted octanol–water partition coefficient (Wildman–Crippen LogP) is 6.23. The van der Waals surface area contributed by atoms with Crippen molar-refractivity contribution < 1.29 is 41.0 Å². The quantitative estimate of drug-likeness (QED) is 0.375. The molecule has 1 aliphatic heterocycles. The lowest BCUT2D eigenvalue weighted by atomic mass is 10.0. The Morgan fingerprint density at radius 3 is 2.08 bits per heavy atom. The second-order valence-corrected chi connectivity index (χ2v) is 10.8. The molecule has 2 aromatic rings. The number of anilines is 1. The van der Waals surface area contributed by atoms with E-state index in [4.69, 9.17) is 9.84 Å². The molecule has 222 valence electrons. The van der Waals surface area contributed by atoms with E-state index in [0.29, 0.717) is 43.4 Å². The van der Waals surface area contributed by atoms with E-state index >= 15 is 0 Å². The van der Waals surface area contributed by atoms with Gasteiger partial charge in [-0.05, 0) is 75.8 Å². The predicted molar refractivity (Wildman–Crippen MR) is 135 cm³/mol. The Morgan fingerprint density at radius 1 is 1.02 bits per heavy atom. The van der Waals surface area contributed by atoms with E-state index in [-0.39, 0.29) is 43.3 Å². The molecule has 3 rings (SSSR count). The third-order valence-electron chi connectivity index (χ3n) is 6.50. The number of aliphatic hydroxyl groups excluding tert-OH is 1. The maximum Gasteiger partial charge on any atom is 0.416 e. The van der Waals surface area contributed by atoms with Crippen molar-refractivity contribution in [1.29, 1.82) is 0 Å². The molecule has 0 unspecified atom stereocenters. The lowest BCUT2D eigenvalue weighted by Gasteiger charge is -2.30. The number of aliphatic hydroxyl groups is 1. The number of rotatable bonds is 8. The summed E-state index contributed by atoms with van der Waals surface area (Å²) in [5.41, 5.74) is -3.09. The number of aryl methyl sites for hydroxylation is 1. The molecule has 13 heteroatoms. The molecule has 0 spiro atoms. The highest BCUT2D eigenvalue weighted by Crippen LogP contribution is 2.37. The fourth-order valence-corrected chi connectivity index (χ4v) is 4.63. The van der Waals surface area contributed by atoms with Crippen LogP contribution in [-0.4, -0.2) is 56.9 Å². The first-order valence-electron chi connectivity index (χ1n) is 13.0. The van der Waals surface area contributed by atoms with Gasteiger partial charge in [0.05, 0.1) is 17.2 Å². The molecule has 7 nitrogen and oxygen atoms in total. The Morgan fingerprint density at radius 2 is 1.60 bits per heavy atom. The van der Waals surface area contributed by atoms with E-state index < -0.39 is 41.2 Å². The van der Waals surface area contributed by atoms with Gasteiger partial charge in [0.15, 0.2) is 0 Å². The third-order valence-corrected chi connectivity index (χ3v) is 6.50. The zero-order valence-corrected chi connectivity index (χ0v) is 22.8. The monoisotopic (exact) mass is 576 g/mol. The lowest BCUT2D eigenvalue weighted by Crippen LogP contribution is -2.42. The van der Waals surface area contributed by atoms with Crippen molar-refractivity contribution in [2.24, 2.45) is 0 Å². The van der Waals surface area contributed by atoms with Crippen LogP contribution in [0.2, 0.25) is 0 Å². The highest BCUT2D eigenvalue weighted by atomic mass is 19.4. The Hall–Kier alpha value is -3.09. The molecular formula is C27H34F6N4O3. The van der Waals surface area contributed by atoms with Gasteiger partial charge in [-0.3, -0.25) is 0 Å². The molecule has 1 N–H and O–H groups in total. The number of carbonyl (C=O) groups is 1. The highest BCUT2D eigenvalue weighted by Gasteiger charge is 2.41. The summed E-state index contributed by atoms with van der Waals surface area (Å²) in [7, 11) is 0. The first-order valence-corrected chi connectivity index (χ1v) is 13.0. The Kier molecular flexibility index (Phi) is 9.58. The van der Waals surface area contributed by atoms with Crippen LogP contribution in [0.1, 0.15) is 69.2 Å². The van der Waals surface area contributed by atoms with Gasteiger partial charge in [0.2, 0.25) is 5.95 Å². The molecule has 1 aromatic heterocycles. The number of aromatic nitrogens is 2. The number of halogens is 6. The first kappa shape index (κ1) is 31.4. The van der Waals surface area contributed by atoms with Crippen LogP contribution in [0.5, 0.6) is 0 Å². The number of benzene rings is 1. The second kappa shape index (κ2) is 12.2. The molecule has 1 amide bonds. The molecule has 1 aromatic carbocycles. The summed E-state index contributed by atoms with van der Waals surface area (Å²) in [6.45, 7) is 6.78. The summed E-state index contributed by atoms with van der Waals surface area (Å²) in [5.74, 6) is 0.101. The van der Waals surface area contributed by atoms with E-state index in [1.807, 2.05) is 6.92 Å². The summed E-state index contributed by atoms with van der Waals surface area (Å²) < 4.78 is 86.7. The number of hydrogen-bond donors (Lipinski definition) is 1. The summed E-state index contributed by atoms with van der Waals surface area (Å²) >= 11 is 0. The van der Waals surface area contributed by atoms with Crippen LogP contribution in [0.3, 0.4) is 0 Å². The summed E-state index contributed by atoms with van der Waals surface area (Å²) in [5, 5.41) is 9.07. The van der Waals surface area contributed by atoms with Crippen molar-refractivity contribution in [3.8, 4) is 0 Å². The average Bonchev–Trinajstić information content (AvgIpc) is 3.29. The fourth-order valence-electron chi connectivity index (χ4n) is 4.63. The van der Waals surface area contributed by atoms with E-state index in [0.717, 1.165) is 0 Å². The molecule has 2 heterocycles. The van der Waals surface area contributed by atoms with Gasteiger partial charge in [0.1, 0.15) is 5.60 Å². The molecule has 1 aliphatic rings. The summed E-state index contributed by atoms with van der Waals surface area (Å²) in [4.78, 5) is 24.7. The van der Waals surface area contributed by atoms with Crippen molar-refractivity contribution in [3.05, 3.63) is 52.8 Å². The van der Waals surface area contributed by atoms with Crippen LogP contribution in [0.15, 0.2) is 30.6 Å². The van der Waals surface area contributed by atoms with Gasteiger partial charge < -0.3 is 19.6 Å². The van der Waals surface area contributed by atoms with E-state index in [2.05, 4.69) is 9.97 Å². The summed E-state index contributed by atoms with van der Waals surface area (Å²) in [6, 6.07) is 0.696.